The lowest BCUT2D eigenvalue weighted by atomic mass is 10.0. The maximum absolute atomic E-state index is 13.4. The van der Waals surface area contributed by atoms with Crippen LogP contribution < -0.4 is 0 Å². The number of aliphatic hydroxyl groups is 2. The second kappa shape index (κ2) is 7.21. The van der Waals surface area contributed by atoms with Gasteiger partial charge in [0.25, 0.3) is 5.91 Å². The summed E-state index contributed by atoms with van der Waals surface area (Å²) in [6.45, 7) is 5.15. The summed E-state index contributed by atoms with van der Waals surface area (Å²) < 4.78 is 13.4. The topological polar surface area (TPSA) is 60.8 Å². The van der Waals surface area contributed by atoms with Gasteiger partial charge in [-0.05, 0) is 39.0 Å². The fourth-order valence-electron chi connectivity index (χ4n) is 1.90. The Morgan fingerprint density at radius 3 is 2.62 bits per heavy atom. The summed E-state index contributed by atoms with van der Waals surface area (Å²) in [6.07, 6.45) is 0. The first-order valence-electron chi connectivity index (χ1n) is 6.69. The molecule has 1 amide bonds. The third kappa shape index (κ3) is 5.18. The Balaban J connectivity index is 3.17. The Morgan fingerprint density at radius 2 is 2.10 bits per heavy atom. The smallest absolute Gasteiger partial charge is 0.255 e. The van der Waals surface area contributed by atoms with Crippen LogP contribution in [0.25, 0.3) is 0 Å². The zero-order chi connectivity index (χ0) is 16.0. The van der Waals surface area contributed by atoms with Gasteiger partial charge in [0.2, 0.25) is 0 Å². The molecule has 0 fully saturated rings. The predicted octanol–water partition coefficient (Wildman–Crippen LogP) is 1.40. The van der Waals surface area contributed by atoms with Gasteiger partial charge in [-0.15, -0.1) is 0 Å². The van der Waals surface area contributed by atoms with Crippen LogP contribution in [0.1, 0.15) is 36.7 Å². The number of carbonyl (C=O) groups excluding carboxylic acids is 1. The molecule has 4 nitrogen and oxygen atoms in total. The SMILES string of the molecule is CCN(CC(C)(C)O)C(=O)c1cc(F)ccc1C#CCO. The molecule has 114 valence electrons. The van der Waals surface area contributed by atoms with Gasteiger partial charge in [0.1, 0.15) is 12.4 Å². The van der Waals surface area contributed by atoms with E-state index in [9.17, 15) is 14.3 Å². The standard InChI is InChI=1S/C16H20FNO3/c1-4-18(11-16(2,3)21)15(20)14-10-13(17)8-7-12(14)6-5-9-19/h7-8,10,19,21H,4,9,11H2,1-3H3. The molecule has 0 aromatic heterocycles. The lowest BCUT2D eigenvalue weighted by molar-refractivity contribution is 0.0314. The molecule has 0 aliphatic rings. The number of halogens is 1. The van der Waals surface area contributed by atoms with Gasteiger partial charge in [-0.3, -0.25) is 4.79 Å². The number of amides is 1. The summed E-state index contributed by atoms with van der Waals surface area (Å²) in [5.41, 5.74) is -0.567. The van der Waals surface area contributed by atoms with Crippen LogP contribution in [0.2, 0.25) is 0 Å². The van der Waals surface area contributed by atoms with Crippen molar-refractivity contribution in [3.05, 3.63) is 35.1 Å². The minimum absolute atomic E-state index is 0.127. The quantitative estimate of drug-likeness (QED) is 0.825. The van der Waals surface area contributed by atoms with Crippen molar-refractivity contribution in [2.45, 2.75) is 26.4 Å². The highest BCUT2D eigenvalue weighted by Crippen LogP contribution is 2.15. The lowest BCUT2D eigenvalue weighted by Crippen LogP contribution is -2.42. The lowest BCUT2D eigenvalue weighted by Gasteiger charge is -2.28. The first-order chi connectivity index (χ1) is 9.78. The maximum atomic E-state index is 13.4. The molecule has 0 bridgehead atoms. The zero-order valence-electron chi connectivity index (χ0n) is 12.5. The van der Waals surface area contributed by atoms with Crippen LogP contribution in [-0.2, 0) is 0 Å². The van der Waals surface area contributed by atoms with E-state index in [1.54, 1.807) is 20.8 Å². The van der Waals surface area contributed by atoms with Crippen LogP contribution >= 0.6 is 0 Å². The van der Waals surface area contributed by atoms with E-state index in [0.717, 1.165) is 6.07 Å². The van der Waals surface area contributed by atoms with Crippen LogP contribution in [0, 0.1) is 17.7 Å². The molecule has 0 saturated carbocycles. The van der Waals surface area contributed by atoms with E-state index >= 15 is 0 Å². The molecule has 0 aliphatic carbocycles. The highest BCUT2D eigenvalue weighted by molar-refractivity contribution is 5.96. The van der Waals surface area contributed by atoms with Crippen molar-refractivity contribution >= 4 is 5.91 Å². The largest absolute Gasteiger partial charge is 0.389 e. The second-order valence-electron chi connectivity index (χ2n) is 5.28. The molecule has 0 aliphatic heterocycles. The number of aliphatic hydroxyl groups excluding tert-OH is 1. The highest BCUT2D eigenvalue weighted by atomic mass is 19.1. The Labute approximate surface area is 124 Å². The van der Waals surface area contributed by atoms with Gasteiger partial charge in [-0.2, -0.15) is 0 Å². The van der Waals surface area contributed by atoms with Crippen LogP contribution in [0.3, 0.4) is 0 Å². The molecule has 5 heteroatoms. The average molecular weight is 293 g/mol. The average Bonchev–Trinajstić information content (AvgIpc) is 2.41. The predicted molar refractivity (Wildman–Crippen MR) is 78.2 cm³/mol. The molecule has 0 spiro atoms. The Bertz CT molecular complexity index is 567. The molecule has 0 unspecified atom stereocenters. The molecule has 1 aromatic rings. The van der Waals surface area contributed by atoms with Gasteiger partial charge >= 0.3 is 0 Å². The first-order valence-corrected chi connectivity index (χ1v) is 6.69. The van der Waals surface area contributed by atoms with Crippen molar-refractivity contribution in [3.8, 4) is 11.8 Å². The van der Waals surface area contributed by atoms with Crippen LogP contribution in [0.15, 0.2) is 18.2 Å². The molecule has 2 N–H and O–H groups in total. The summed E-state index contributed by atoms with van der Waals surface area (Å²) in [4.78, 5) is 13.9. The summed E-state index contributed by atoms with van der Waals surface area (Å²) in [7, 11) is 0. The van der Waals surface area contributed by atoms with E-state index in [0.29, 0.717) is 12.1 Å². The van der Waals surface area contributed by atoms with Gasteiger partial charge in [0.05, 0.1) is 11.2 Å². The van der Waals surface area contributed by atoms with Gasteiger partial charge in [-0.25, -0.2) is 4.39 Å². The van der Waals surface area contributed by atoms with E-state index in [-0.39, 0.29) is 18.7 Å². The molecule has 0 radical (unpaired) electrons. The van der Waals surface area contributed by atoms with Crippen molar-refractivity contribution in [3.63, 3.8) is 0 Å². The fraction of sp³-hybridized carbons (Fsp3) is 0.438. The van der Waals surface area contributed by atoms with Gasteiger partial charge in [0, 0.05) is 18.7 Å². The van der Waals surface area contributed by atoms with Crippen molar-refractivity contribution in [2.24, 2.45) is 0 Å². The zero-order valence-corrected chi connectivity index (χ0v) is 12.5. The van der Waals surface area contributed by atoms with Crippen molar-refractivity contribution in [1.29, 1.82) is 0 Å². The monoisotopic (exact) mass is 293 g/mol. The number of hydrogen-bond donors (Lipinski definition) is 2. The van der Waals surface area contributed by atoms with Crippen molar-refractivity contribution in [2.75, 3.05) is 19.7 Å². The Kier molecular flexibility index (Phi) is 5.89. The third-order valence-corrected chi connectivity index (χ3v) is 2.76. The molecule has 0 heterocycles. The van der Waals surface area contributed by atoms with Crippen LogP contribution in [-0.4, -0.2) is 46.3 Å². The Morgan fingerprint density at radius 1 is 1.43 bits per heavy atom. The van der Waals surface area contributed by atoms with Crippen molar-refractivity contribution in [1.82, 2.24) is 4.90 Å². The molecule has 0 saturated heterocycles. The van der Waals surface area contributed by atoms with E-state index in [1.165, 1.54) is 17.0 Å². The van der Waals surface area contributed by atoms with Gasteiger partial charge in [0.15, 0.2) is 0 Å². The Hall–Kier alpha value is -1.90. The molecule has 0 atom stereocenters. The van der Waals surface area contributed by atoms with E-state index in [1.807, 2.05) is 0 Å². The van der Waals surface area contributed by atoms with E-state index < -0.39 is 17.3 Å². The molecule has 1 aromatic carbocycles. The number of nitrogens with zero attached hydrogens (tertiary/aromatic N) is 1. The summed E-state index contributed by atoms with van der Waals surface area (Å²) in [5.74, 6) is 4.15. The maximum Gasteiger partial charge on any atom is 0.255 e. The minimum atomic E-state index is -1.05. The normalized spacial score (nSPS) is 10.8. The number of likely N-dealkylation sites (N-methyl/N-ethyl adjacent to an activating group) is 1. The van der Waals surface area contributed by atoms with E-state index in [4.69, 9.17) is 5.11 Å². The van der Waals surface area contributed by atoms with E-state index in [2.05, 4.69) is 11.8 Å². The molecular formula is C16H20FNO3. The second-order valence-corrected chi connectivity index (χ2v) is 5.28. The third-order valence-electron chi connectivity index (χ3n) is 2.76. The molecule has 21 heavy (non-hydrogen) atoms. The van der Waals surface area contributed by atoms with Crippen molar-refractivity contribution < 1.29 is 19.4 Å². The number of benzene rings is 1. The molecular weight excluding hydrogens is 273 g/mol. The minimum Gasteiger partial charge on any atom is -0.389 e. The summed E-state index contributed by atoms with van der Waals surface area (Å²) in [6, 6.07) is 3.74. The van der Waals surface area contributed by atoms with Crippen LogP contribution in [0.5, 0.6) is 0 Å². The molecule has 1 rings (SSSR count). The van der Waals surface area contributed by atoms with Gasteiger partial charge in [-0.1, -0.05) is 11.8 Å². The van der Waals surface area contributed by atoms with Gasteiger partial charge < -0.3 is 15.1 Å². The highest BCUT2D eigenvalue weighted by Gasteiger charge is 2.24. The number of carbonyl (C=O) groups is 1. The first kappa shape index (κ1) is 17.2. The summed E-state index contributed by atoms with van der Waals surface area (Å²) in [5, 5.41) is 18.6. The summed E-state index contributed by atoms with van der Waals surface area (Å²) >= 11 is 0. The van der Waals surface area contributed by atoms with Crippen LogP contribution in [0.4, 0.5) is 4.39 Å². The fourth-order valence-corrected chi connectivity index (χ4v) is 1.90. The number of hydrogen-bond acceptors (Lipinski definition) is 3. The number of rotatable bonds is 4.